The van der Waals surface area contributed by atoms with Gasteiger partial charge in [-0.1, -0.05) is 0 Å². The molecule has 152 valence electrons. The van der Waals surface area contributed by atoms with Gasteiger partial charge in [0, 0.05) is 26.1 Å². The summed E-state index contributed by atoms with van der Waals surface area (Å²) in [5.41, 5.74) is 6.47. The molecule has 1 aromatic rings. The molecule has 0 bridgehead atoms. The molecular formula is C20H32N2O5. The van der Waals surface area contributed by atoms with Crippen molar-refractivity contribution < 1.29 is 23.7 Å². The summed E-state index contributed by atoms with van der Waals surface area (Å²) in [5, 5.41) is 0. The van der Waals surface area contributed by atoms with E-state index in [1.54, 1.807) is 21.3 Å². The summed E-state index contributed by atoms with van der Waals surface area (Å²) in [4.78, 5) is 14.5. The molecule has 1 aliphatic rings. The molecule has 7 heteroatoms. The van der Waals surface area contributed by atoms with Gasteiger partial charge in [-0.3, -0.25) is 4.79 Å². The van der Waals surface area contributed by atoms with E-state index in [0.717, 1.165) is 37.9 Å². The van der Waals surface area contributed by atoms with Crippen LogP contribution in [0, 0.1) is 0 Å². The molecule has 1 aliphatic heterocycles. The molecule has 0 spiro atoms. The Labute approximate surface area is 161 Å². The number of hydrogen-bond acceptors (Lipinski definition) is 6. The second-order valence-corrected chi connectivity index (χ2v) is 6.63. The number of carbonyl (C=O) groups is 1. The van der Waals surface area contributed by atoms with E-state index in [4.69, 9.17) is 24.7 Å². The third kappa shape index (κ3) is 6.01. The van der Waals surface area contributed by atoms with Crippen LogP contribution in [-0.2, 0) is 16.0 Å². The minimum atomic E-state index is 0.171. The smallest absolute Gasteiger partial charge is 0.222 e. The number of hydrogen-bond donors (Lipinski definition) is 1. The van der Waals surface area contributed by atoms with E-state index in [2.05, 4.69) is 0 Å². The van der Waals surface area contributed by atoms with Crippen molar-refractivity contribution in [3.05, 3.63) is 17.7 Å². The minimum Gasteiger partial charge on any atom is -0.493 e. The summed E-state index contributed by atoms with van der Waals surface area (Å²) in [6, 6.07) is 3.79. The Kier molecular flexibility index (Phi) is 8.67. The van der Waals surface area contributed by atoms with Crippen molar-refractivity contribution in [3.63, 3.8) is 0 Å². The van der Waals surface area contributed by atoms with Crippen LogP contribution in [-0.4, -0.2) is 64.5 Å². The van der Waals surface area contributed by atoms with E-state index < -0.39 is 0 Å². The predicted octanol–water partition coefficient (Wildman–Crippen LogP) is 2.00. The van der Waals surface area contributed by atoms with E-state index >= 15 is 0 Å². The van der Waals surface area contributed by atoms with Crippen molar-refractivity contribution in [3.8, 4) is 17.2 Å². The third-order valence-corrected chi connectivity index (χ3v) is 4.85. The van der Waals surface area contributed by atoms with Crippen molar-refractivity contribution in [1.29, 1.82) is 0 Å². The monoisotopic (exact) mass is 380 g/mol. The Hall–Kier alpha value is -1.99. The number of piperidine rings is 1. The van der Waals surface area contributed by atoms with E-state index in [1.807, 2.05) is 17.0 Å². The average Bonchev–Trinajstić information content (AvgIpc) is 2.71. The van der Waals surface area contributed by atoms with Crippen LogP contribution < -0.4 is 19.9 Å². The molecule has 1 fully saturated rings. The quantitative estimate of drug-likeness (QED) is 0.625. The Morgan fingerprint density at radius 2 is 1.74 bits per heavy atom. The first kappa shape index (κ1) is 21.3. The van der Waals surface area contributed by atoms with Crippen molar-refractivity contribution in [1.82, 2.24) is 4.90 Å². The molecule has 1 heterocycles. The zero-order valence-electron chi connectivity index (χ0n) is 16.7. The third-order valence-electron chi connectivity index (χ3n) is 4.85. The van der Waals surface area contributed by atoms with Gasteiger partial charge in [-0.2, -0.15) is 0 Å². The maximum atomic E-state index is 12.6. The van der Waals surface area contributed by atoms with Crippen LogP contribution in [0.4, 0.5) is 0 Å². The zero-order valence-corrected chi connectivity index (χ0v) is 16.7. The van der Waals surface area contributed by atoms with Crippen LogP contribution in [0.25, 0.3) is 0 Å². The van der Waals surface area contributed by atoms with E-state index in [0.29, 0.717) is 43.2 Å². The molecule has 0 radical (unpaired) electrons. The molecule has 0 atom stereocenters. The van der Waals surface area contributed by atoms with E-state index in [9.17, 15) is 4.79 Å². The number of nitrogens with two attached hydrogens (primary N) is 1. The molecular weight excluding hydrogens is 348 g/mol. The van der Waals surface area contributed by atoms with Gasteiger partial charge in [0.05, 0.1) is 27.4 Å². The number of carbonyl (C=O) groups excluding carboxylic acids is 1. The molecule has 2 rings (SSSR count). The number of methoxy groups -OCH3 is 3. The van der Waals surface area contributed by atoms with Crippen LogP contribution in [0.3, 0.4) is 0 Å². The second kappa shape index (κ2) is 11.0. The van der Waals surface area contributed by atoms with Gasteiger partial charge in [0.1, 0.15) is 0 Å². The van der Waals surface area contributed by atoms with E-state index in [1.165, 1.54) is 0 Å². The number of rotatable bonds is 10. The maximum absolute atomic E-state index is 12.6. The Morgan fingerprint density at radius 3 is 2.26 bits per heavy atom. The molecule has 0 aliphatic carbocycles. The first-order valence-corrected chi connectivity index (χ1v) is 9.51. The summed E-state index contributed by atoms with van der Waals surface area (Å²) in [6.45, 7) is 2.86. The van der Waals surface area contributed by atoms with Crippen molar-refractivity contribution in [2.45, 2.75) is 38.2 Å². The molecule has 2 N–H and O–H groups in total. The number of aryl methyl sites for hydroxylation is 1. The molecule has 0 saturated carbocycles. The highest BCUT2D eigenvalue weighted by Crippen LogP contribution is 2.38. The standard InChI is InChI=1S/C20H32N2O5/c1-24-17-13-15(14-18(25-2)20(17)26-3)5-6-19(23)22-10-7-16(8-11-22)27-12-4-9-21/h13-14,16H,4-12,21H2,1-3H3. The minimum absolute atomic E-state index is 0.171. The summed E-state index contributed by atoms with van der Waals surface area (Å²) >= 11 is 0. The fourth-order valence-electron chi connectivity index (χ4n) is 3.29. The molecule has 27 heavy (non-hydrogen) atoms. The highest BCUT2D eigenvalue weighted by molar-refractivity contribution is 5.76. The van der Waals surface area contributed by atoms with Crippen molar-refractivity contribution in [2.75, 3.05) is 47.6 Å². The zero-order chi connectivity index (χ0) is 19.6. The van der Waals surface area contributed by atoms with Crippen LogP contribution in [0.1, 0.15) is 31.2 Å². The average molecular weight is 380 g/mol. The molecule has 7 nitrogen and oxygen atoms in total. The fraction of sp³-hybridized carbons (Fsp3) is 0.650. The highest BCUT2D eigenvalue weighted by atomic mass is 16.5. The molecule has 1 aromatic carbocycles. The van der Waals surface area contributed by atoms with Gasteiger partial charge in [-0.25, -0.2) is 0 Å². The van der Waals surface area contributed by atoms with Crippen LogP contribution >= 0.6 is 0 Å². The molecule has 0 aromatic heterocycles. The number of benzene rings is 1. The van der Waals surface area contributed by atoms with Crippen molar-refractivity contribution >= 4 is 5.91 Å². The summed E-state index contributed by atoms with van der Waals surface area (Å²) < 4.78 is 21.9. The normalized spacial score (nSPS) is 14.9. The van der Waals surface area contributed by atoms with Gasteiger partial charge in [-0.15, -0.1) is 0 Å². The van der Waals surface area contributed by atoms with Crippen LogP contribution in [0.15, 0.2) is 12.1 Å². The summed E-state index contributed by atoms with van der Waals surface area (Å²) in [6.07, 6.45) is 3.99. The second-order valence-electron chi connectivity index (χ2n) is 6.63. The lowest BCUT2D eigenvalue weighted by molar-refractivity contribution is -0.133. The lowest BCUT2D eigenvalue weighted by atomic mass is 10.0. The SMILES string of the molecule is COc1cc(CCC(=O)N2CCC(OCCCN)CC2)cc(OC)c1OC. The Bertz CT molecular complexity index is 575. The molecule has 0 unspecified atom stereocenters. The van der Waals surface area contributed by atoms with Crippen LogP contribution in [0.2, 0.25) is 0 Å². The largest absolute Gasteiger partial charge is 0.493 e. The molecule has 1 amide bonds. The van der Waals surface area contributed by atoms with Crippen LogP contribution in [0.5, 0.6) is 17.2 Å². The van der Waals surface area contributed by atoms with E-state index in [-0.39, 0.29) is 12.0 Å². The number of ether oxygens (including phenoxy) is 4. The fourth-order valence-corrected chi connectivity index (χ4v) is 3.29. The number of likely N-dealkylation sites (tertiary alicyclic amines) is 1. The maximum Gasteiger partial charge on any atom is 0.222 e. The van der Waals surface area contributed by atoms with Gasteiger partial charge in [0.15, 0.2) is 11.5 Å². The topological polar surface area (TPSA) is 83.2 Å². The first-order chi connectivity index (χ1) is 13.1. The number of nitrogens with zero attached hydrogens (tertiary/aromatic N) is 1. The van der Waals surface area contributed by atoms with Gasteiger partial charge in [0.2, 0.25) is 11.7 Å². The predicted molar refractivity (Wildman–Crippen MR) is 104 cm³/mol. The van der Waals surface area contributed by atoms with Gasteiger partial charge in [-0.05, 0) is 49.9 Å². The van der Waals surface area contributed by atoms with Gasteiger partial charge >= 0.3 is 0 Å². The van der Waals surface area contributed by atoms with Gasteiger partial charge < -0.3 is 29.6 Å². The Morgan fingerprint density at radius 1 is 1.11 bits per heavy atom. The van der Waals surface area contributed by atoms with Crippen molar-refractivity contribution in [2.24, 2.45) is 5.73 Å². The lowest BCUT2D eigenvalue weighted by Crippen LogP contribution is -2.41. The Balaban J connectivity index is 1.85. The number of amides is 1. The summed E-state index contributed by atoms with van der Waals surface area (Å²) in [7, 11) is 4.75. The lowest BCUT2D eigenvalue weighted by Gasteiger charge is -2.32. The summed E-state index contributed by atoms with van der Waals surface area (Å²) in [5.74, 6) is 1.94. The first-order valence-electron chi connectivity index (χ1n) is 9.51. The molecule has 1 saturated heterocycles. The van der Waals surface area contributed by atoms with Gasteiger partial charge in [0.25, 0.3) is 0 Å². The highest BCUT2D eigenvalue weighted by Gasteiger charge is 2.23.